The van der Waals surface area contributed by atoms with Gasteiger partial charge in [0.05, 0.1) is 10.8 Å². The van der Waals surface area contributed by atoms with E-state index in [0.29, 0.717) is 10.2 Å². The van der Waals surface area contributed by atoms with Crippen molar-refractivity contribution < 1.29 is 9.72 Å². The van der Waals surface area contributed by atoms with E-state index in [1.807, 2.05) is 13.8 Å². The summed E-state index contributed by atoms with van der Waals surface area (Å²) in [5.41, 5.74) is 0.549. The summed E-state index contributed by atoms with van der Waals surface area (Å²) in [5.74, 6) is -0.505. The second-order valence-corrected chi connectivity index (χ2v) is 5.06. The predicted molar refractivity (Wildman–Crippen MR) is 69.3 cm³/mol. The van der Waals surface area contributed by atoms with E-state index in [2.05, 4.69) is 26.3 Å². The van der Waals surface area contributed by atoms with Crippen molar-refractivity contribution in [1.29, 1.82) is 0 Å². The van der Waals surface area contributed by atoms with Crippen LogP contribution in [0.2, 0.25) is 0 Å². The van der Waals surface area contributed by atoms with Gasteiger partial charge in [0.15, 0.2) is 0 Å². The molecule has 0 unspecified atom stereocenters. The maximum atomic E-state index is 11.8. The normalized spacial score (nSPS) is 12.6. The van der Waals surface area contributed by atoms with Gasteiger partial charge in [-0.15, -0.1) is 0 Å². The SMILES string of the molecule is Cc1c(Br)c([N+](=O)[O-])nn1[C@H](C)C(=O)NC(C)C. The number of nitrogens with zero attached hydrogens (tertiary/aromatic N) is 3. The molecular weight excluding hydrogens is 304 g/mol. The minimum atomic E-state index is -0.600. The highest BCUT2D eigenvalue weighted by atomic mass is 79.9. The van der Waals surface area contributed by atoms with Gasteiger partial charge in [-0.1, -0.05) is 0 Å². The summed E-state index contributed by atoms with van der Waals surface area (Å²) >= 11 is 3.11. The molecule has 0 spiro atoms. The van der Waals surface area contributed by atoms with E-state index in [1.54, 1.807) is 13.8 Å². The molecule has 0 saturated heterocycles. The molecule has 0 radical (unpaired) electrons. The van der Waals surface area contributed by atoms with Gasteiger partial charge in [-0.05, 0) is 48.5 Å². The Morgan fingerprint density at radius 2 is 2.06 bits per heavy atom. The number of nitrogens with one attached hydrogen (secondary N) is 1. The molecule has 0 aliphatic carbocycles. The Labute approximate surface area is 113 Å². The molecule has 1 heterocycles. The first-order chi connectivity index (χ1) is 8.25. The van der Waals surface area contributed by atoms with E-state index < -0.39 is 11.0 Å². The fourth-order valence-electron chi connectivity index (χ4n) is 1.49. The lowest BCUT2D eigenvalue weighted by molar-refractivity contribution is -0.390. The lowest BCUT2D eigenvalue weighted by Gasteiger charge is -2.13. The van der Waals surface area contributed by atoms with Crippen molar-refractivity contribution in [3.8, 4) is 0 Å². The minimum Gasteiger partial charge on any atom is -0.358 e. The first-order valence-corrected chi connectivity index (χ1v) is 6.24. The summed E-state index contributed by atoms with van der Waals surface area (Å²) in [4.78, 5) is 22.0. The molecule has 0 aliphatic heterocycles. The number of hydrogen-bond donors (Lipinski definition) is 1. The summed E-state index contributed by atoms with van der Waals surface area (Å²) in [7, 11) is 0. The molecule has 0 fully saturated rings. The van der Waals surface area contributed by atoms with Crippen molar-refractivity contribution in [1.82, 2.24) is 15.1 Å². The van der Waals surface area contributed by atoms with Crippen molar-refractivity contribution in [2.75, 3.05) is 0 Å². The summed E-state index contributed by atoms with van der Waals surface area (Å²) in [6.07, 6.45) is 0. The van der Waals surface area contributed by atoms with Gasteiger partial charge >= 0.3 is 5.82 Å². The molecule has 0 aromatic carbocycles. The number of aromatic nitrogens is 2. The van der Waals surface area contributed by atoms with E-state index in [1.165, 1.54) is 4.68 Å². The average molecular weight is 319 g/mol. The van der Waals surface area contributed by atoms with E-state index in [0.717, 1.165) is 0 Å². The van der Waals surface area contributed by atoms with Crippen LogP contribution in [-0.4, -0.2) is 26.7 Å². The molecule has 100 valence electrons. The van der Waals surface area contributed by atoms with Crippen LogP contribution >= 0.6 is 15.9 Å². The minimum absolute atomic E-state index is 0.00856. The smallest absolute Gasteiger partial charge is 0.358 e. The van der Waals surface area contributed by atoms with Crippen LogP contribution in [0.15, 0.2) is 4.47 Å². The van der Waals surface area contributed by atoms with Crippen LogP contribution < -0.4 is 5.32 Å². The van der Waals surface area contributed by atoms with Crippen molar-refractivity contribution in [3.05, 3.63) is 20.3 Å². The zero-order chi connectivity index (χ0) is 14.0. The van der Waals surface area contributed by atoms with Gasteiger partial charge in [0.1, 0.15) is 10.5 Å². The molecule has 1 atom stereocenters. The molecule has 0 saturated carbocycles. The average Bonchev–Trinajstić information content (AvgIpc) is 2.54. The molecule has 1 N–H and O–H groups in total. The third-order valence-electron chi connectivity index (χ3n) is 2.41. The quantitative estimate of drug-likeness (QED) is 0.678. The molecule has 1 rings (SSSR count). The lowest BCUT2D eigenvalue weighted by Crippen LogP contribution is -2.36. The Balaban J connectivity index is 3.07. The monoisotopic (exact) mass is 318 g/mol. The molecule has 7 nitrogen and oxygen atoms in total. The highest BCUT2D eigenvalue weighted by Gasteiger charge is 2.29. The van der Waals surface area contributed by atoms with Crippen LogP contribution in [0.5, 0.6) is 0 Å². The molecule has 18 heavy (non-hydrogen) atoms. The summed E-state index contributed by atoms with van der Waals surface area (Å²) in [5, 5.41) is 17.3. The highest BCUT2D eigenvalue weighted by molar-refractivity contribution is 9.10. The second kappa shape index (κ2) is 5.47. The van der Waals surface area contributed by atoms with E-state index in [4.69, 9.17) is 0 Å². The number of nitro groups is 1. The molecule has 0 aliphatic rings. The van der Waals surface area contributed by atoms with Crippen LogP contribution in [0.1, 0.15) is 32.5 Å². The van der Waals surface area contributed by atoms with Gasteiger partial charge < -0.3 is 15.4 Å². The summed E-state index contributed by atoms with van der Waals surface area (Å²) < 4.78 is 1.65. The molecule has 1 aromatic rings. The standard InChI is InChI=1S/C10H15BrN4O3/c1-5(2)12-10(16)7(4)14-6(3)8(11)9(13-14)15(17)18/h5,7H,1-4H3,(H,12,16)/t7-/m1/s1. The van der Waals surface area contributed by atoms with Gasteiger partial charge in [-0.3, -0.25) is 4.79 Å². The van der Waals surface area contributed by atoms with Crippen molar-refractivity contribution in [3.63, 3.8) is 0 Å². The topological polar surface area (TPSA) is 90.1 Å². The van der Waals surface area contributed by atoms with E-state index in [9.17, 15) is 14.9 Å². The van der Waals surface area contributed by atoms with Gasteiger partial charge in [0.2, 0.25) is 5.91 Å². The highest BCUT2D eigenvalue weighted by Crippen LogP contribution is 2.28. The van der Waals surface area contributed by atoms with Crippen LogP contribution in [0, 0.1) is 17.0 Å². The number of halogens is 1. The fraction of sp³-hybridized carbons (Fsp3) is 0.600. The number of rotatable bonds is 4. The lowest BCUT2D eigenvalue weighted by atomic mass is 10.2. The third-order valence-corrected chi connectivity index (χ3v) is 3.34. The third kappa shape index (κ3) is 2.87. The largest absolute Gasteiger partial charge is 0.404 e. The Hall–Kier alpha value is -1.44. The number of carbonyl (C=O) groups is 1. The van der Waals surface area contributed by atoms with E-state index in [-0.39, 0.29) is 17.8 Å². The molecule has 8 heteroatoms. The maximum absolute atomic E-state index is 11.8. The fourth-order valence-corrected chi connectivity index (χ4v) is 1.90. The second-order valence-electron chi connectivity index (χ2n) is 4.26. The zero-order valence-electron chi connectivity index (χ0n) is 10.6. The molecule has 1 aromatic heterocycles. The van der Waals surface area contributed by atoms with Gasteiger partial charge in [-0.2, -0.15) is 4.68 Å². The number of hydrogen-bond acceptors (Lipinski definition) is 4. The van der Waals surface area contributed by atoms with Crippen molar-refractivity contribution in [2.45, 2.75) is 39.8 Å². The predicted octanol–water partition coefficient (Wildman–Crippen LogP) is 1.95. The Bertz CT molecular complexity index is 484. The van der Waals surface area contributed by atoms with E-state index >= 15 is 0 Å². The molecular formula is C10H15BrN4O3. The van der Waals surface area contributed by atoms with Crippen LogP contribution in [0.25, 0.3) is 0 Å². The van der Waals surface area contributed by atoms with Crippen LogP contribution in [-0.2, 0) is 4.79 Å². The van der Waals surface area contributed by atoms with Crippen molar-refractivity contribution in [2.24, 2.45) is 0 Å². The maximum Gasteiger partial charge on any atom is 0.404 e. The number of amides is 1. The zero-order valence-corrected chi connectivity index (χ0v) is 12.2. The number of carbonyl (C=O) groups excluding carboxylic acids is 1. The Morgan fingerprint density at radius 3 is 2.44 bits per heavy atom. The van der Waals surface area contributed by atoms with Crippen LogP contribution in [0.3, 0.4) is 0 Å². The first-order valence-electron chi connectivity index (χ1n) is 5.45. The molecule has 1 amide bonds. The van der Waals surface area contributed by atoms with Crippen molar-refractivity contribution >= 4 is 27.7 Å². The Morgan fingerprint density at radius 1 is 1.50 bits per heavy atom. The van der Waals surface area contributed by atoms with Gasteiger partial charge in [0.25, 0.3) is 0 Å². The van der Waals surface area contributed by atoms with Crippen LogP contribution in [0.4, 0.5) is 5.82 Å². The summed E-state index contributed by atoms with van der Waals surface area (Å²) in [6, 6.07) is -0.591. The Kier molecular flexibility index (Phi) is 4.44. The summed E-state index contributed by atoms with van der Waals surface area (Å²) in [6.45, 7) is 7.01. The first kappa shape index (κ1) is 14.6. The molecule has 0 bridgehead atoms. The van der Waals surface area contributed by atoms with Gasteiger partial charge in [0, 0.05) is 6.04 Å². The van der Waals surface area contributed by atoms with Gasteiger partial charge in [-0.25, -0.2) is 0 Å².